The molecular formula is C32H22F3NO5. The molecule has 1 aromatic heterocycles. The van der Waals surface area contributed by atoms with Gasteiger partial charge < -0.3 is 13.9 Å². The van der Waals surface area contributed by atoms with Crippen LogP contribution in [-0.2, 0) is 12.8 Å². The van der Waals surface area contributed by atoms with E-state index >= 15 is 0 Å². The Labute approximate surface area is 232 Å². The number of halogens is 3. The predicted molar refractivity (Wildman–Crippen MR) is 146 cm³/mol. The maximum absolute atomic E-state index is 13.8. The fourth-order valence-electron chi connectivity index (χ4n) is 5.04. The first-order valence-electron chi connectivity index (χ1n) is 12.7. The molecule has 206 valence electrons. The molecule has 9 heteroatoms. The minimum atomic E-state index is -4.63. The highest BCUT2D eigenvalue weighted by Gasteiger charge is 2.44. The molecule has 1 unspecified atom stereocenters. The largest absolute Gasteiger partial charge is 0.493 e. The molecule has 0 radical (unpaired) electrons. The van der Waals surface area contributed by atoms with Gasteiger partial charge in [-0.1, -0.05) is 54.6 Å². The van der Waals surface area contributed by atoms with E-state index < -0.39 is 29.1 Å². The summed E-state index contributed by atoms with van der Waals surface area (Å²) in [6, 6.07) is 24.2. The van der Waals surface area contributed by atoms with Gasteiger partial charge >= 0.3 is 6.18 Å². The Kier molecular flexibility index (Phi) is 6.49. The number of fused-ring (bicyclic) bond motifs is 2. The lowest BCUT2D eigenvalue weighted by molar-refractivity contribution is -0.137. The highest BCUT2D eigenvalue weighted by atomic mass is 19.4. The minimum absolute atomic E-state index is 0.0334. The third kappa shape index (κ3) is 4.69. The molecule has 4 aromatic carbocycles. The molecule has 6 nitrogen and oxygen atoms in total. The lowest BCUT2D eigenvalue weighted by Gasteiger charge is -2.26. The third-order valence-corrected chi connectivity index (χ3v) is 6.97. The number of amides is 1. The zero-order valence-electron chi connectivity index (χ0n) is 21.6. The average Bonchev–Trinajstić information content (AvgIpc) is 3.28. The van der Waals surface area contributed by atoms with E-state index in [1.807, 2.05) is 30.3 Å². The molecule has 2 heterocycles. The molecule has 1 atom stereocenters. The van der Waals surface area contributed by atoms with Crippen LogP contribution in [0.2, 0.25) is 0 Å². The van der Waals surface area contributed by atoms with Crippen LogP contribution in [0.3, 0.4) is 0 Å². The highest BCUT2D eigenvalue weighted by molar-refractivity contribution is 6.10. The molecule has 0 saturated heterocycles. The number of rotatable bonds is 6. The van der Waals surface area contributed by atoms with Crippen LogP contribution in [0.4, 0.5) is 18.9 Å². The smallest absolute Gasteiger partial charge is 0.416 e. The van der Waals surface area contributed by atoms with E-state index in [-0.39, 0.29) is 34.6 Å². The van der Waals surface area contributed by atoms with Gasteiger partial charge in [0.05, 0.1) is 29.7 Å². The topological polar surface area (TPSA) is 69.0 Å². The second kappa shape index (κ2) is 10.2. The van der Waals surface area contributed by atoms with Crippen LogP contribution in [0.5, 0.6) is 11.5 Å². The maximum atomic E-state index is 13.8. The quantitative estimate of drug-likeness (QED) is 0.222. The van der Waals surface area contributed by atoms with Gasteiger partial charge in [0, 0.05) is 5.69 Å². The molecule has 0 N–H and O–H groups in total. The van der Waals surface area contributed by atoms with Crippen LogP contribution in [0.1, 0.15) is 38.9 Å². The second-order valence-electron chi connectivity index (χ2n) is 9.48. The summed E-state index contributed by atoms with van der Waals surface area (Å²) in [5.41, 5.74) is 0.202. The SMILES string of the molecule is COc1cc(C2c3c(oc4ccccc4c3=O)C(=O)N2c2cccc(C(F)(F)F)c2)ccc1OCc1ccccc1. The highest BCUT2D eigenvalue weighted by Crippen LogP contribution is 2.44. The minimum Gasteiger partial charge on any atom is -0.493 e. The standard InChI is InChI=1S/C32H22F3NO5/c1-39-26-16-20(14-15-25(26)40-18-19-8-3-2-4-9-19)28-27-29(37)23-12-5-6-13-24(23)41-30(27)31(38)36(28)22-11-7-10-21(17-22)32(33,34)35/h2-17,28H,18H2,1H3. The number of anilines is 1. The summed E-state index contributed by atoms with van der Waals surface area (Å²) >= 11 is 0. The second-order valence-corrected chi connectivity index (χ2v) is 9.48. The van der Waals surface area contributed by atoms with Crippen molar-refractivity contribution < 1.29 is 31.9 Å². The Morgan fingerprint density at radius 2 is 1.61 bits per heavy atom. The van der Waals surface area contributed by atoms with Crippen LogP contribution >= 0.6 is 0 Å². The first-order valence-corrected chi connectivity index (χ1v) is 12.7. The Morgan fingerprint density at radius 1 is 0.854 bits per heavy atom. The van der Waals surface area contributed by atoms with Crippen molar-refractivity contribution in [2.75, 3.05) is 12.0 Å². The molecule has 1 aliphatic heterocycles. The van der Waals surface area contributed by atoms with Gasteiger partial charge in [0.15, 0.2) is 16.9 Å². The fraction of sp³-hybridized carbons (Fsp3) is 0.125. The van der Waals surface area contributed by atoms with Crippen molar-refractivity contribution >= 4 is 22.6 Å². The molecule has 0 spiro atoms. The lowest BCUT2D eigenvalue weighted by Crippen LogP contribution is -2.29. The number of nitrogens with zero attached hydrogens (tertiary/aromatic N) is 1. The van der Waals surface area contributed by atoms with Crippen molar-refractivity contribution in [3.8, 4) is 11.5 Å². The van der Waals surface area contributed by atoms with Crippen molar-refractivity contribution in [3.05, 3.63) is 135 Å². The average molecular weight is 558 g/mol. The fourth-order valence-corrected chi connectivity index (χ4v) is 5.04. The van der Waals surface area contributed by atoms with Crippen LogP contribution in [0, 0.1) is 0 Å². The van der Waals surface area contributed by atoms with Gasteiger partial charge in [-0.15, -0.1) is 0 Å². The zero-order chi connectivity index (χ0) is 28.7. The molecule has 5 aromatic rings. The number of carbonyl (C=O) groups is 1. The summed E-state index contributed by atoms with van der Waals surface area (Å²) in [6.45, 7) is 0.271. The van der Waals surface area contributed by atoms with Crippen molar-refractivity contribution in [1.82, 2.24) is 0 Å². The molecule has 0 bridgehead atoms. The number of hydrogen-bond acceptors (Lipinski definition) is 5. The summed E-state index contributed by atoms with van der Waals surface area (Å²) < 4.78 is 58.3. The summed E-state index contributed by atoms with van der Waals surface area (Å²) in [4.78, 5) is 28.7. The van der Waals surface area contributed by atoms with E-state index in [9.17, 15) is 22.8 Å². The van der Waals surface area contributed by atoms with Gasteiger partial charge in [-0.25, -0.2) is 0 Å². The molecule has 1 amide bonds. The van der Waals surface area contributed by atoms with Gasteiger partial charge in [-0.3, -0.25) is 14.5 Å². The monoisotopic (exact) mass is 557 g/mol. The van der Waals surface area contributed by atoms with Crippen LogP contribution in [0.15, 0.2) is 106 Å². The first kappa shape index (κ1) is 26.2. The van der Waals surface area contributed by atoms with E-state index in [2.05, 4.69) is 0 Å². The van der Waals surface area contributed by atoms with E-state index in [0.29, 0.717) is 17.1 Å². The number of ether oxygens (including phenoxy) is 2. The van der Waals surface area contributed by atoms with Crippen molar-refractivity contribution in [1.29, 1.82) is 0 Å². The van der Waals surface area contributed by atoms with Crippen molar-refractivity contribution in [3.63, 3.8) is 0 Å². The van der Waals surface area contributed by atoms with Crippen molar-refractivity contribution in [2.45, 2.75) is 18.8 Å². The van der Waals surface area contributed by atoms with Gasteiger partial charge in [-0.05, 0) is 53.6 Å². The summed E-state index contributed by atoms with van der Waals surface area (Å²) in [7, 11) is 1.45. The first-order chi connectivity index (χ1) is 19.8. The molecule has 0 fully saturated rings. The van der Waals surface area contributed by atoms with E-state index in [4.69, 9.17) is 13.9 Å². The molecular weight excluding hydrogens is 535 g/mol. The maximum Gasteiger partial charge on any atom is 0.416 e. The number of benzene rings is 4. The normalized spacial score (nSPS) is 14.8. The Bertz CT molecular complexity index is 1830. The van der Waals surface area contributed by atoms with Crippen molar-refractivity contribution in [2.24, 2.45) is 0 Å². The summed E-state index contributed by atoms with van der Waals surface area (Å²) in [5, 5.41) is 0.254. The molecule has 6 rings (SSSR count). The van der Waals surface area contributed by atoms with E-state index in [0.717, 1.165) is 22.6 Å². The Balaban J connectivity index is 1.50. The van der Waals surface area contributed by atoms with Gasteiger partial charge in [0.1, 0.15) is 12.2 Å². The molecule has 0 saturated carbocycles. The van der Waals surface area contributed by atoms with Crippen LogP contribution in [-0.4, -0.2) is 13.0 Å². The van der Waals surface area contributed by atoms with Gasteiger partial charge in [0.2, 0.25) is 5.76 Å². The predicted octanol–water partition coefficient (Wildman–Crippen LogP) is 7.15. The number of carbonyl (C=O) groups excluding carboxylic acids is 1. The molecule has 41 heavy (non-hydrogen) atoms. The summed E-state index contributed by atoms with van der Waals surface area (Å²) in [6.07, 6.45) is -4.63. The van der Waals surface area contributed by atoms with E-state index in [1.165, 1.54) is 19.2 Å². The van der Waals surface area contributed by atoms with Crippen LogP contribution < -0.4 is 19.8 Å². The third-order valence-electron chi connectivity index (χ3n) is 6.97. The number of hydrogen-bond donors (Lipinski definition) is 0. The Hall–Kier alpha value is -5.05. The lowest BCUT2D eigenvalue weighted by atomic mass is 9.97. The number of alkyl halides is 3. The number of methoxy groups -OCH3 is 1. The summed E-state index contributed by atoms with van der Waals surface area (Å²) in [5.74, 6) is -0.204. The number of para-hydroxylation sites is 1. The Morgan fingerprint density at radius 3 is 2.37 bits per heavy atom. The zero-order valence-corrected chi connectivity index (χ0v) is 21.6. The van der Waals surface area contributed by atoms with Gasteiger partial charge in [0.25, 0.3) is 5.91 Å². The van der Waals surface area contributed by atoms with Crippen LogP contribution in [0.25, 0.3) is 11.0 Å². The van der Waals surface area contributed by atoms with Gasteiger partial charge in [-0.2, -0.15) is 13.2 Å². The molecule has 0 aliphatic carbocycles. The molecule has 1 aliphatic rings. The van der Waals surface area contributed by atoms with E-state index in [1.54, 1.807) is 42.5 Å².